The van der Waals surface area contributed by atoms with Gasteiger partial charge in [-0.2, -0.15) is 0 Å². The molecule has 0 amide bonds. The Morgan fingerprint density at radius 1 is 0.750 bits per heavy atom. The van der Waals surface area contributed by atoms with E-state index in [-0.39, 0.29) is 0 Å². The quantitative estimate of drug-likeness (QED) is 0.323. The van der Waals surface area contributed by atoms with Crippen molar-refractivity contribution in [3.8, 4) is 11.4 Å². The predicted molar refractivity (Wildman–Crippen MR) is 78.2 cm³/mol. The SMILES string of the molecule is Cl[I-](Cl)(Cl)Cl.Cl[I-]1(Cl)[n+]2ccccc2-c2cccc[n+]21. The molecule has 2 aromatic heterocycles. The summed E-state index contributed by atoms with van der Waals surface area (Å²) in [4.78, 5) is 0. The summed E-state index contributed by atoms with van der Waals surface area (Å²) in [7, 11) is 33.0. The summed E-state index contributed by atoms with van der Waals surface area (Å²) in [6.07, 6.45) is 3.91. The van der Waals surface area contributed by atoms with Gasteiger partial charge in [0.05, 0.1) is 0 Å². The summed E-state index contributed by atoms with van der Waals surface area (Å²) in [6.45, 7) is 0. The van der Waals surface area contributed by atoms with Crippen molar-refractivity contribution >= 4 is 53.5 Å². The first-order chi connectivity index (χ1) is 9.21. The van der Waals surface area contributed by atoms with Crippen LogP contribution in [0.2, 0.25) is 0 Å². The van der Waals surface area contributed by atoms with Crippen molar-refractivity contribution in [2.75, 3.05) is 0 Å². The molecular formula is C10H8Cl6I2N2. The van der Waals surface area contributed by atoms with Crippen molar-refractivity contribution in [3.05, 3.63) is 48.8 Å². The van der Waals surface area contributed by atoms with E-state index in [1.54, 1.807) is 0 Å². The number of rotatable bonds is 0. The van der Waals surface area contributed by atoms with Crippen LogP contribution >= 0.6 is 53.5 Å². The van der Waals surface area contributed by atoms with Crippen LogP contribution in [0.1, 0.15) is 0 Å². The van der Waals surface area contributed by atoms with Crippen molar-refractivity contribution in [2.45, 2.75) is 0 Å². The molecular weight excluding hydrogens is 615 g/mol. The third-order valence-corrected chi connectivity index (χ3v) is 10.2. The Morgan fingerprint density at radius 2 is 1.10 bits per heavy atom. The molecule has 0 N–H and O–H groups in total. The van der Waals surface area contributed by atoms with Crippen LogP contribution in [0.25, 0.3) is 11.4 Å². The van der Waals surface area contributed by atoms with Gasteiger partial charge in [-0.15, -0.1) is 0 Å². The minimum atomic E-state index is -3.06. The fourth-order valence-electron chi connectivity index (χ4n) is 1.68. The first-order valence-electron chi connectivity index (χ1n) is 4.99. The van der Waals surface area contributed by atoms with Crippen LogP contribution in [0.15, 0.2) is 48.8 Å². The molecule has 0 atom stereocenters. The van der Waals surface area contributed by atoms with E-state index in [9.17, 15) is 0 Å². The molecule has 3 rings (SSSR count). The van der Waals surface area contributed by atoms with Crippen molar-refractivity contribution in [1.29, 1.82) is 0 Å². The molecule has 0 spiro atoms. The zero-order chi connectivity index (χ0) is 15.0. The molecule has 0 saturated carbocycles. The van der Waals surface area contributed by atoms with Crippen molar-refractivity contribution in [3.63, 3.8) is 0 Å². The first kappa shape index (κ1) is 17.8. The maximum absolute atomic E-state index is 6.50. The van der Waals surface area contributed by atoms with Gasteiger partial charge in [0.1, 0.15) is 0 Å². The van der Waals surface area contributed by atoms with E-state index in [1.807, 2.05) is 54.4 Å². The van der Waals surface area contributed by atoms with Crippen LogP contribution in [-0.4, -0.2) is 0 Å². The second kappa shape index (κ2) is 6.95. The zero-order valence-electron chi connectivity index (χ0n) is 9.54. The first-order valence-corrected chi connectivity index (χ1v) is 23.3. The molecule has 0 saturated heterocycles. The third kappa shape index (κ3) is 4.28. The average molecular weight is 623 g/mol. The molecule has 0 aliphatic carbocycles. The van der Waals surface area contributed by atoms with E-state index < -0.39 is 30.6 Å². The Morgan fingerprint density at radius 3 is 1.45 bits per heavy atom. The van der Waals surface area contributed by atoms with Crippen LogP contribution in [-0.2, 0) is 0 Å². The summed E-state index contributed by atoms with van der Waals surface area (Å²) in [5.41, 5.74) is 2.19. The summed E-state index contributed by atoms with van der Waals surface area (Å²) in [6, 6.07) is 12.0. The van der Waals surface area contributed by atoms with Gasteiger partial charge in [0.2, 0.25) is 0 Å². The van der Waals surface area contributed by atoms with Gasteiger partial charge >= 0.3 is 150 Å². The molecule has 0 radical (unpaired) electrons. The molecule has 114 valence electrons. The van der Waals surface area contributed by atoms with E-state index in [1.165, 1.54) is 0 Å². The number of pyridine rings is 2. The molecule has 0 unspecified atom stereocenters. The molecule has 10 heteroatoms. The van der Waals surface area contributed by atoms with Crippen molar-refractivity contribution in [1.82, 2.24) is 0 Å². The summed E-state index contributed by atoms with van der Waals surface area (Å²) < 4.78 is 4.04. The van der Waals surface area contributed by atoms with E-state index in [2.05, 4.69) is 0 Å². The standard InChI is InChI=1S/C10H8Cl2IN2.Cl4I/c11-13(12)14-7-3-1-5-9(14)10-6-2-4-8-15(10)13;1-5(2,3)4/h1-8H;/q+1;-1. The zero-order valence-corrected chi connectivity index (χ0v) is 18.4. The molecule has 0 fully saturated rings. The minimum absolute atomic E-state index is 1.10. The average Bonchev–Trinajstić information content (AvgIpc) is 2.58. The molecule has 0 bridgehead atoms. The Labute approximate surface area is 147 Å². The predicted octanol–water partition coefficient (Wildman–Crippen LogP) is -1.30. The van der Waals surface area contributed by atoms with Crippen molar-refractivity contribution < 1.29 is 36.2 Å². The topological polar surface area (TPSA) is 7.76 Å². The molecule has 20 heavy (non-hydrogen) atoms. The Hall–Kier alpha value is 1.50. The van der Waals surface area contributed by atoms with Gasteiger partial charge in [0, 0.05) is 0 Å². The third-order valence-electron chi connectivity index (χ3n) is 2.33. The van der Waals surface area contributed by atoms with Gasteiger partial charge in [-0.25, -0.2) is 0 Å². The van der Waals surface area contributed by atoms with E-state index in [0.29, 0.717) is 0 Å². The fourth-order valence-corrected chi connectivity index (χ4v) is 8.38. The molecule has 2 nitrogen and oxygen atoms in total. The van der Waals surface area contributed by atoms with Gasteiger partial charge in [-0.05, 0) is 0 Å². The van der Waals surface area contributed by atoms with Gasteiger partial charge in [0.25, 0.3) is 0 Å². The van der Waals surface area contributed by atoms with E-state index in [0.717, 1.165) is 11.4 Å². The monoisotopic (exact) mass is 620 g/mol. The number of aromatic nitrogens is 2. The number of halogens is 8. The maximum atomic E-state index is 6.50. The summed E-state index contributed by atoms with van der Waals surface area (Å²) in [5, 5.41) is 0. The molecule has 2 aromatic rings. The van der Waals surface area contributed by atoms with Gasteiger partial charge in [0.15, 0.2) is 0 Å². The van der Waals surface area contributed by atoms with E-state index >= 15 is 0 Å². The van der Waals surface area contributed by atoms with Crippen LogP contribution in [0.4, 0.5) is 0 Å². The molecule has 3 heterocycles. The van der Waals surface area contributed by atoms with E-state index in [4.69, 9.17) is 53.5 Å². The normalized spacial score (nSPS) is 17.3. The van der Waals surface area contributed by atoms with Crippen LogP contribution in [0, 0.1) is 0 Å². The number of hydrogen-bond donors (Lipinski definition) is 0. The van der Waals surface area contributed by atoms with Crippen LogP contribution in [0.5, 0.6) is 0 Å². The Kier molecular flexibility index (Phi) is 6.20. The summed E-state index contributed by atoms with van der Waals surface area (Å²) in [5.74, 6) is 0. The van der Waals surface area contributed by atoms with Crippen LogP contribution < -0.4 is 36.2 Å². The molecule has 0 aromatic carbocycles. The Balaban J connectivity index is 0.000000257. The van der Waals surface area contributed by atoms with Crippen molar-refractivity contribution in [2.24, 2.45) is 0 Å². The number of fused-ring (bicyclic) bond motifs is 3. The number of nitrogens with zero attached hydrogens (tertiary/aromatic N) is 2. The summed E-state index contributed by atoms with van der Waals surface area (Å²) >= 11 is -6.11. The van der Waals surface area contributed by atoms with Gasteiger partial charge in [-0.1, -0.05) is 0 Å². The van der Waals surface area contributed by atoms with Crippen LogP contribution in [0.3, 0.4) is 0 Å². The second-order valence-corrected chi connectivity index (χ2v) is 33.3. The van der Waals surface area contributed by atoms with Gasteiger partial charge < -0.3 is 0 Å². The Bertz CT molecular complexity index is 578. The second-order valence-electron chi connectivity index (χ2n) is 3.50. The molecule has 1 aliphatic rings. The fraction of sp³-hybridized carbons (Fsp3) is 0. The number of hydrogen-bond acceptors (Lipinski definition) is 0. The molecule has 1 aliphatic heterocycles. The van der Waals surface area contributed by atoms with Gasteiger partial charge in [-0.3, -0.25) is 0 Å².